The molecule has 2 aromatic rings. The molecule has 92 valence electrons. The standard InChI is InChI=1S/C14H13NO2S/c1-9-3-4-11(7-10(9)2)5-6-13-15-8-12(18-13)14(16)17/h3-8H,1-2H3,(H,16,17)/b6-5+. The minimum atomic E-state index is -0.932. The van der Waals surface area contributed by atoms with Crippen molar-refractivity contribution in [3.05, 3.63) is 51.0 Å². The maximum absolute atomic E-state index is 10.7. The van der Waals surface area contributed by atoms with E-state index in [1.165, 1.54) is 28.7 Å². The van der Waals surface area contributed by atoms with Crippen LogP contribution in [0.3, 0.4) is 0 Å². The van der Waals surface area contributed by atoms with Crippen molar-refractivity contribution in [2.75, 3.05) is 0 Å². The molecule has 1 aromatic carbocycles. The second-order valence-electron chi connectivity index (χ2n) is 4.04. The highest BCUT2D eigenvalue weighted by Gasteiger charge is 2.06. The zero-order valence-corrected chi connectivity index (χ0v) is 11.0. The number of nitrogens with zero attached hydrogens (tertiary/aromatic N) is 1. The van der Waals surface area contributed by atoms with Crippen LogP contribution in [0.15, 0.2) is 24.4 Å². The van der Waals surface area contributed by atoms with Crippen molar-refractivity contribution in [1.82, 2.24) is 4.98 Å². The third kappa shape index (κ3) is 2.84. The predicted molar refractivity (Wildman–Crippen MR) is 73.9 cm³/mol. The highest BCUT2D eigenvalue weighted by molar-refractivity contribution is 7.14. The smallest absolute Gasteiger partial charge is 0.347 e. The van der Waals surface area contributed by atoms with Crippen LogP contribution in [-0.2, 0) is 0 Å². The number of aromatic carboxylic acids is 1. The fraction of sp³-hybridized carbons (Fsp3) is 0.143. The van der Waals surface area contributed by atoms with Gasteiger partial charge in [-0.2, -0.15) is 0 Å². The van der Waals surface area contributed by atoms with E-state index in [-0.39, 0.29) is 4.88 Å². The average molecular weight is 259 g/mol. The number of carboxylic acid groups (broad SMARTS) is 1. The molecule has 0 saturated heterocycles. The Labute approximate surface area is 109 Å². The Bertz CT molecular complexity index is 614. The maximum atomic E-state index is 10.7. The van der Waals surface area contributed by atoms with E-state index in [0.717, 1.165) is 5.56 Å². The van der Waals surface area contributed by atoms with Crippen molar-refractivity contribution in [2.45, 2.75) is 13.8 Å². The Hall–Kier alpha value is -1.94. The molecule has 0 saturated carbocycles. The molecule has 3 nitrogen and oxygen atoms in total. The first-order chi connectivity index (χ1) is 8.56. The van der Waals surface area contributed by atoms with E-state index in [9.17, 15) is 4.79 Å². The van der Waals surface area contributed by atoms with Gasteiger partial charge in [-0.05, 0) is 36.6 Å². The largest absolute Gasteiger partial charge is 0.477 e. The first-order valence-electron chi connectivity index (χ1n) is 5.51. The molecule has 0 atom stereocenters. The first-order valence-corrected chi connectivity index (χ1v) is 6.32. The Balaban J connectivity index is 2.19. The molecule has 1 aromatic heterocycles. The fourth-order valence-electron chi connectivity index (χ4n) is 1.50. The van der Waals surface area contributed by atoms with Crippen molar-refractivity contribution in [1.29, 1.82) is 0 Å². The van der Waals surface area contributed by atoms with Crippen LogP contribution in [-0.4, -0.2) is 16.1 Å². The van der Waals surface area contributed by atoms with E-state index in [1.807, 2.05) is 18.2 Å². The molecule has 0 aliphatic heterocycles. The van der Waals surface area contributed by atoms with Crippen LogP contribution in [0.25, 0.3) is 12.2 Å². The summed E-state index contributed by atoms with van der Waals surface area (Å²) >= 11 is 1.17. The molecule has 0 aliphatic carbocycles. The lowest BCUT2D eigenvalue weighted by Gasteiger charge is -2.00. The Morgan fingerprint density at radius 1 is 1.28 bits per heavy atom. The van der Waals surface area contributed by atoms with Gasteiger partial charge in [0.15, 0.2) is 0 Å². The quantitative estimate of drug-likeness (QED) is 0.915. The molecule has 0 unspecified atom stereocenters. The number of carboxylic acids is 1. The minimum Gasteiger partial charge on any atom is -0.477 e. The molecule has 0 aliphatic rings. The molecule has 0 amide bonds. The minimum absolute atomic E-state index is 0.259. The van der Waals surface area contributed by atoms with Crippen LogP contribution in [0.4, 0.5) is 0 Å². The van der Waals surface area contributed by atoms with E-state index in [2.05, 4.69) is 31.0 Å². The maximum Gasteiger partial charge on any atom is 0.347 e. The van der Waals surface area contributed by atoms with E-state index in [4.69, 9.17) is 5.11 Å². The normalized spacial score (nSPS) is 11.0. The molecule has 2 rings (SSSR count). The molecule has 18 heavy (non-hydrogen) atoms. The van der Waals surface area contributed by atoms with Gasteiger partial charge in [0.25, 0.3) is 0 Å². The first kappa shape index (κ1) is 12.5. The van der Waals surface area contributed by atoms with Gasteiger partial charge in [0.1, 0.15) is 9.88 Å². The topological polar surface area (TPSA) is 50.2 Å². The lowest BCUT2D eigenvalue weighted by molar-refractivity contribution is 0.0702. The van der Waals surface area contributed by atoms with E-state index in [1.54, 1.807) is 0 Å². The van der Waals surface area contributed by atoms with E-state index >= 15 is 0 Å². The van der Waals surface area contributed by atoms with Crippen molar-refractivity contribution in [2.24, 2.45) is 0 Å². The number of thiazole rings is 1. The summed E-state index contributed by atoms with van der Waals surface area (Å²) in [5.41, 5.74) is 3.59. The van der Waals surface area contributed by atoms with Gasteiger partial charge in [-0.15, -0.1) is 11.3 Å². The van der Waals surface area contributed by atoms with E-state index in [0.29, 0.717) is 5.01 Å². The van der Waals surface area contributed by atoms with Gasteiger partial charge < -0.3 is 5.11 Å². The highest BCUT2D eigenvalue weighted by atomic mass is 32.1. The zero-order valence-electron chi connectivity index (χ0n) is 10.2. The molecular weight excluding hydrogens is 246 g/mol. The Morgan fingerprint density at radius 2 is 2.06 bits per heavy atom. The summed E-state index contributed by atoms with van der Waals surface area (Å²) in [6, 6.07) is 6.20. The second kappa shape index (κ2) is 5.14. The van der Waals surface area contributed by atoms with Gasteiger partial charge in [0.2, 0.25) is 0 Å². The predicted octanol–water partition coefficient (Wildman–Crippen LogP) is 3.63. The van der Waals surface area contributed by atoms with Crippen LogP contribution >= 0.6 is 11.3 Å². The van der Waals surface area contributed by atoms with Crippen LogP contribution in [0.1, 0.15) is 31.4 Å². The molecular formula is C14H13NO2S. The SMILES string of the molecule is Cc1ccc(/C=C/c2ncc(C(=O)O)s2)cc1C. The third-order valence-corrected chi connectivity index (χ3v) is 3.63. The van der Waals surface area contributed by atoms with Crippen LogP contribution in [0.5, 0.6) is 0 Å². The van der Waals surface area contributed by atoms with Crippen molar-refractivity contribution in [3.63, 3.8) is 0 Å². The molecule has 0 spiro atoms. The molecule has 4 heteroatoms. The molecule has 1 heterocycles. The van der Waals surface area contributed by atoms with Gasteiger partial charge in [-0.1, -0.05) is 24.3 Å². The molecule has 0 fully saturated rings. The number of rotatable bonds is 3. The van der Waals surface area contributed by atoms with Gasteiger partial charge in [-0.3, -0.25) is 0 Å². The lowest BCUT2D eigenvalue weighted by Crippen LogP contribution is -1.89. The lowest BCUT2D eigenvalue weighted by atomic mass is 10.1. The zero-order chi connectivity index (χ0) is 13.1. The number of carbonyl (C=O) groups is 1. The van der Waals surface area contributed by atoms with E-state index < -0.39 is 5.97 Å². The molecule has 0 bridgehead atoms. The fourth-order valence-corrected chi connectivity index (χ4v) is 2.16. The summed E-state index contributed by atoms with van der Waals surface area (Å²) in [7, 11) is 0. The van der Waals surface area contributed by atoms with Crippen LogP contribution < -0.4 is 0 Å². The number of hydrogen-bond acceptors (Lipinski definition) is 3. The second-order valence-corrected chi connectivity index (χ2v) is 5.11. The van der Waals surface area contributed by atoms with Gasteiger partial charge in [0, 0.05) is 0 Å². The molecule has 1 N–H and O–H groups in total. The van der Waals surface area contributed by atoms with Crippen LogP contribution in [0.2, 0.25) is 0 Å². The van der Waals surface area contributed by atoms with Crippen molar-refractivity contribution < 1.29 is 9.90 Å². The monoisotopic (exact) mass is 259 g/mol. The molecule has 0 radical (unpaired) electrons. The van der Waals surface area contributed by atoms with Gasteiger partial charge in [0.05, 0.1) is 6.20 Å². The van der Waals surface area contributed by atoms with Gasteiger partial charge in [-0.25, -0.2) is 9.78 Å². The van der Waals surface area contributed by atoms with Crippen molar-refractivity contribution >= 4 is 29.5 Å². The summed E-state index contributed by atoms with van der Waals surface area (Å²) in [5.74, 6) is -0.932. The number of aryl methyl sites for hydroxylation is 2. The summed E-state index contributed by atoms with van der Waals surface area (Å²) in [6.45, 7) is 4.14. The Morgan fingerprint density at radius 3 is 2.67 bits per heavy atom. The Kier molecular flexibility index (Phi) is 3.58. The highest BCUT2D eigenvalue weighted by Crippen LogP contribution is 2.17. The third-order valence-electron chi connectivity index (χ3n) is 2.68. The average Bonchev–Trinajstić information content (AvgIpc) is 2.79. The summed E-state index contributed by atoms with van der Waals surface area (Å²) < 4.78 is 0. The van der Waals surface area contributed by atoms with Crippen LogP contribution in [0, 0.1) is 13.8 Å². The van der Waals surface area contributed by atoms with Crippen molar-refractivity contribution in [3.8, 4) is 0 Å². The number of aromatic nitrogens is 1. The summed E-state index contributed by atoms with van der Waals surface area (Å²) in [6.07, 6.45) is 5.16. The summed E-state index contributed by atoms with van der Waals surface area (Å²) in [5, 5.41) is 9.50. The number of hydrogen-bond donors (Lipinski definition) is 1. The summed E-state index contributed by atoms with van der Waals surface area (Å²) in [4.78, 5) is 15.0. The number of benzene rings is 1. The van der Waals surface area contributed by atoms with Gasteiger partial charge >= 0.3 is 5.97 Å².